The van der Waals surface area contributed by atoms with E-state index in [-0.39, 0.29) is 17.7 Å². The summed E-state index contributed by atoms with van der Waals surface area (Å²) in [6.07, 6.45) is -3.36. The number of aromatic nitrogens is 3. The first-order chi connectivity index (χ1) is 16.6. The maximum absolute atomic E-state index is 13.9. The summed E-state index contributed by atoms with van der Waals surface area (Å²) in [7, 11) is 0. The number of nitrogens with zero attached hydrogens (tertiary/aromatic N) is 6. The van der Waals surface area contributed by atoms with Crippen LogP contribution < -0.4 is 14.7 Å². The number of rotatable bonds is 4. The Kier molecular flexibility index (Phi) is 6.06. The average Bonchev–Trinajstić information content (AvgIpc) is 3.30. The van der Waals surface area contributed by atoms with E-state index in [4.69, 9.17) is 9.97 Å². The molecule has 6 nitrogen and oxygen atoms in total. The lowest BCUT2D eigenvalue weighted by Gasteiger charge is -2.42. The number of piperazine rings is 1. The molecule has 0 bridgehead atoms. The Hall–Kier alpha value is -2.95. The summed E-state index contributed by atoms with van der Waals surface area (Å²) >= 11 is 0.620. The Morgan fingerprint density at radius 1 is 1.00 bits per heavy atom. The van der Waals surface area contributed by atoms with E-state index in [0.29, 0.717) is 60.0 Å². The molecule has 2 aliphatic rings. The van der Waals surface area contributed by atoms with E-state index < -0.39 is 11.1 Å². The normalized spacial score (nSPS) is 20.8. The van der Waals surface area contributed by atoms with Crippen molar-refractivity contribution >= 4 is 28.9 Å². The summed E-state index contributed by atoms with van der Waals surface area (Å²) in [5.41, 5.74) is 3.27. The molecule has 0 radical (unpaired) electrons. The fraction of sp³-hybridized carbons (Fsp3) is 0.458. The van der Waals surface area contributed by atoms with Gasteiger partial charge < -0.3 is 14.7 Å². The van der Waals surface area contributed by atoms with Crippen molar-refractivity contribution in [2.75, 3.05) is 40.9 Å². The molecule has 1 aromatic carbocycles. The molecule has 0 saturated carbocycles. The highest BCUT2D eigenvalue weighted by molar-refractivity contribution is 7.10. The highest BCUT2D eigenvalue weighted by Crippen LogP contribution is 2.40. The Labute approximate surface area is 205 Å². The van der Waals surface area contributed by atoms with Crippen LogP contribution in [0.4, 0.5) is 35.1 Å². The molecular weight excluding hydrogens is 480 g/mol. The molecule has 2 unspecified atom stereocenters. The first-order valence-corrected chi connectivity index (χ1v) is 12.4. The number of anilines is 3. The maximum atomic E-state index is 13.9. The standard InChI is InChI=1S/C24H26F4N6S/c1-14-10-17(4-5-18(14)25)19-11-20(31-23(30-19)34-7-6-15(34)2)33-9-8-32(12-16(33)3)22-21(24(26,27)28)35-13-29-22/h4-5,10-11,13,15-16H,6-9,12H2,1-3H3. The third-order valence-corrected chi connectivity index (χ3v) is 7.62. The summed E-state index contributed by atoms with van der Waals surface area (Å²) in [5, 5.41) is 0. The molecule has 0 N–H and O–H groups in total. The molecule has 186 valence electrons. The van der Waals surface area contributed by atoms with Gasteiger partial charge in [-0.15, -0.1) is 11.3 Å². The topological polar surface area (TPSA) is 48.4 Å². The molecule has 35 heavy (non-hydrogen) atoms. The van der Waals surface area contributed by atoms with Gasteiger partial charge in [0.15, 0.2) is 10.7 Å². The number of alkyl halides is 3. The number of hydrogen-bond acceptors (Lipinski definition) is 7. The fourth-order valence-corrected chi connectivity index (χ4v) is 5.29. The minimum absolute atomic E-state index is 0.00532. The number of thiazole rings is 1. The summed E-state index contributed by atoms with van der Waals surface area (Å²) in [6, 6.07) is 7.02. The van der Waals surface area contributed by atoms with Crippen LogP contribution in [0.3, 0.4) is 0 Å². The molecule has 11 heteroatoms. The Morgan fingerprint density at radius 2 is 1.80 bits per heavy atom. The van der Waals surface area contributed by atoms with Gasteiger partial charge in [-0.25, -0.2) is 14.4 Å². The molecule has 2 saturated heterocycles. The fourth-order valence-electron chi connectivity index (χ4n) is 4.61. The van der Waals surface area contributed by atoms with Crippen molar-refractivity contribution in [1.82, 2.24) is 15.0 Å². The van der Waals surface area contributed by atoms with Gasteiger partial charge in [0.25, 0.3) is 0 Å². The van der Waals surface area contributed by atoms with E-state index in [1.807, 2.05) is 13.0 Å². The Morgan fingerprint density at radius 3 is 2.43 bits per heavy atom. The highest BCUT2D eigenvalue weighted by atomic mass is 32.1. The van der Waals surface area contributed by atoms with Crippen molar-refractivity contribution in [3.8, 4) is 11.3 Å². The van der Waals surface area contributed by atoms with Gasteiger partial charge in [-0.3, -0.25) is 0 Å². The molecule has 0 spiro atoms. The largest absolute Gasteiger partial charge is 0.429 e. The van der Waals surface area contributed by atoms with Crippen molar-refractivity contribution in [3.63, 3.8) is 0 Å². The molecule has 2 fully saturated rings. The van der Waals surface area contributed by atoms with Gasteiger partial charge in [-0.2, -0.15) is 18.2 Å². The molecule has 0 aliphatic carbocycles. The van der Waals surface area contributed by atoms with Crippen molar-refractivity contribution in [1.29, 1.82) is 0 Å². The monoisotopic (exact) mass is 506 g/mol. The lowest BCUT2D eigenvalue weighted by atomic mass is 10.1. The third kappa shape index (κ3) is 4.53. The lowest BCUT2D eigenvalue weighted by Crippen LogP contribution is -2.53. The van der Waals surface area contributed by atoms with Gasteiger partial charge in [0, 0.05) is 49.9 Å². The average molecular weight is 507 g/mol. The van der Waals surface area contributed by atoms with E-state index in [0.717, 1.165) is 18.5 Å². The second-order valence-electron chi connectivity index (χ2n) is 9.20. The molecule has 3 aromatic rings. The Bertz CT molecular complexity index is 1230. The second-order valence-corrected chi connectivity index (χ2v) is 10.1. The quantitative estimate of drug-likeness (QED) is 0.443. The van der Waals surface area contributed by atoms with Crippen molar-refractivity contribution in [2.45, 2.75) is 45.5 Å². The highest BCUT2D eigenvalue weighted by Gasteiger charge is 2.39. The zero-order valence-electron chi connectivity index (χ0n) is 19.7. The molecular formula is C24H26F4N6S. The summed E-state index contributed by atoms with van der Waals surface area (Å²) < 4.78 is 54.1. The predicted octanol–water partition coefficient (Wildman–Crippen LogP) is 5.38. The van der Waals surface area contributed by atoms with Gasteiger partial charge in [-0.05, 0) is 51.0 Å². The van der Waals surface area contributed by atoms with E-state index in [9.17, 15) is 17.6 Å². The third-order valence-electron chi connectivity index (χ3n) is 6.76. The minimum Gasteiger partial charge on any atom is -0.352 e. The van der Waals surface area contributed by atoms with Gasteiger partial charge in [0.1, 0.15) is 11.6 Å². The van der Waals surface area contributed by atoms with Gasteiger partial charge >= 0.3 is 6.18 Å². The molecule has 5 rings (SSSR count). The van der Waals surface area contributed by atoms with E-state index in [1.54, 1.807) is 24.0 Å². The number of aryl methyl sites for hydroxylation is 1. The lowest BCUT2D eigenvalue weighted by molar-refractivity contribution is -0.134. The molecule has 0 amide bonds. The zero-order valence-corrected chi connectivity index (χ0v) is 20.5. The maximum Gasteiger partial charge on any atom is 0.429 e. The van der Waals surface area contributed by atoms with Crippen LogP contribution in [-0.2, 0) is 6.18 Å². The molecule has 4 heterocycles. The summed E-state index contributed by atoms with van der Waals surface area (Å²) in [4.78, 5) is 18.9. The van der Waals surface area contributed by atoms with Gasteiger partial charge in [0.05, 0.1) is 11.2 Å². The first kappa shape index (κ1) is 23.8. The van der Waals surface area contributed by atoms with Crippen LogP contribution in [0, 0.1) is 12.7 Å². The van der Waals surface area contributed by atoms with Crippen LogP contribution in [0.25, 0.3) is 11.3 Å². The SMILES string of the molecule is Cc1cc(-c2cc(N3CCN(c4ncsc4C(F)(F)F)CC3C)nc(N3CCC3C)n2)ccc1F. The second kappa shape index (κ2) is 8.92. The van der Waals surface area contributed by atoms with Gasteiger partial charge in [0.2, 0.25) is 5.95 Å². The first-order valence-electron chi connectivity index (χ1n) is 11.6. The van der Waals surface area contributed by atoms with E-state index >= 15 is 0 Å². The van der Waals surface area contributed by atoms with Crippen LogP contribution in [0.5, 0.6) is 0 Å². The predicted molar refractivity (Wildman–Crippen MR) is 130 cm³/mol. The molecule has 2 aliphatic heterocycles. The zero-order chi connectivity index (χ0) is 24.9. The summed E-state index contributed by atoms with van der Waals surface area (Å²) in [5.74, 6) is 1.05. The molecule has 2 aromatic heterocycles. The smallest absolute Gasteiger partial charge is 0.352 e. The van der Waals surface area contributed by atoms with Crippen LogP contribution in [-0.4, -0.2) is 53.2 Å². The van der Waals surface area contributed by atoms with E-state index in [2.05, 4.69) is 21.7 Å². The Balaban J connectivity index is 1.46. The number of halogens is 4. The van der Waals surface area contributed by atoms with Crippen LogP contribution in [0.15, 0.2) is 29.8 Å². The minimum atomic E-state index is -4.42. The van der Waals surface area contributed by atoms with Crippen molar-refractivity contribution < 1.29 is 17.6 Å². The number of benzene rings is 1. The van der Waals surface area contributed by atoms with E-state index in [1.165, 1.54) is 11.6 Å². The van der Waals surface area contributed by atoms with Crippen LogP contribution >= 0.6 is 11.3 Å². The van der Waals surface area contributed by atoms with Crippen molar-refractivity contribution in [3.05, 3.63) is 46.0 Å². The van der Waals surface area contributed by atoms with Gasteiger partial charge in [-0.1, -0.05) is 0 Å². The van der Waals surface area contributed by atoms with Crippen LogP contribution in [0.2, 0.25) is 0 Å². The molecule has 2 atom stereocenters. The van der Waals surface area contributed by atoms with Crippen molar-refractivity contribution in [2.24, 2.45) is 0 Å². The number of hydrogen-bond donors (Lipinski definition) is 0. The van der Waals surface area contributed by atoms with Crippen LogP contribution in [0.1, 0.15) is 30.7 Å². The summed E-state index contributed by atoms with van der Waals surface area (Å²) in [6.45, 7) is 7.94.